The molecule has 5 nitrogen and oxygen atoms in total. The molecule has 0 saturated heterocycles. The van der Waals surface area contributed by atoms with Crippen molar-refractivity contribution in [1.82, 2.24) is 10.9 Å². The van der Waals surface area contributed by atoms with Gasteiger partial charge in [-0.1, -0.05) is 71.7 Å². The number of halogens is 1. The van der Waals surface area contributed by atoms with Crippen LogP contribution >= 0.6 is 15.9 Å². The SMILES string of the molecule is CCCCOc1ccc(Br)cc1C(=O)NNC(=O)c1ccc(-c2ccccc2)cc1. The van der Waals surface area contributed by atoms with E-state index in [2.05, 4.69) is 33.7 Å². The van der Waals surface area contributed by atoms with Crippen LogP contribution in [0, 0.1) is 0 Å². The van der Waals surface area contributed by atoms with E-state index in [-0.39, 0.29) is 0 Å². The second kappa shape index (κ2) is 10.6. The number of carbonyl (C=O) groups excluding carboxylic acids is 2. The average Bonchev–Trinajstić information content (AvgIpc) is 2.79. The molecule has 0 unspecified atom stereocenters. The summed E-state index contributed by atoms with van der Waals surface area (Å²) in [6, 6.07) is 22.3. The Bertz CT molecular complexity index is 1000. The zero-order chi connectivity index (χ0) is 21.3. The van der Waals surface area contributed by atoms with Gasteiger partial charge in [0.25, 0.3) is 11.8 Å². The van der Waals surface area contributed by atoms with Gasteiger partial charge in [-0.3, -0.25) is 20.4 Å². The number of amides is 2. The molecule has 30 heavy (non-hydrogen) atoms. The monoisotopic (exact) mass is 466 g/mol. The summed E-state index contributed by atoms with van der Waals surface area (Å²) in [7, 11) is 0. The van der Waals surface area contributed by atoms with E-state index < -0.39 is 11.8 Å². The molecule has 0 bridgehead atoms. The molecule has 0 aliphatic carbocycles. The fourth-order valence-electron chi connectivity index (χ4n) is 2.83. The molecular weight excluding hydrogens is 444 g/mol. The second-order valence-corrected chi connectivity index (χ2v) is 7.61. The first-order valence-corrected chi connectivity index (χ1v) is 10.6. The predicted molar refractivity (Wildman–Crippen MR) is 121 cm³/mol. The van der Waals surface area contributed by atoms with Crippen molar-refractivity contribution in [3.63, 3.8) is 0 Å². The van der Waals surface area contributed by atoms with Gasteiger partial charge >= 0.3 is 0 Å². The van der Waals surface area contributed by atoms with Gasteiger partial charge in [-0.25, -0.2) is 0 Å². The van der Waals surface area contributed by atoms with Crippen LogP contribution in [-0.2, 0) is 0 Å². The van der Waals surface area contributed by atoms with Crippen molar-refractivity contribution in [2.24, 2.45) is 0 Å². The third-order valence-electron chi connectivity index (χ3n) is 4.49. The molecule has 0 atom stereocenters. The molecule has 154 valence electrons. The van der Waals surface area contributed by atoms with Gasteiger partial charge in [0.05, 0.1) is 12.2 Å². The van der Waals surface area contributed by atoms with Crippen LogP contribution < -0.4 is 15.6 Å². The minimum absolute atomic E-state index is 0.347. The van der Waals surface area contributed by atoms with Gasteiger partial charge in [0.2, 0.25) is 0 Å². The Morgan fingerprint density at radius 2 is 1.53 bits per heavy atom. The van der Waals surface area contributed by atoms with Crippen molar-refractivity contribution in [2.75, 3.05) is 6.61 Å². The van der Waals surface area contributed by atoms with Crippen molar-refractivity contribution >= 4 is 27.7 Å². The maximum Gasteiger partial charge on any atom is 0.273 e. The highest BCUT2D eigenvalue weighted by atomic mass is 79.9. The molecule has 0 aromatic heterocycles. The Morgan fingerprint density at radius 1 is 0.867 bits per heavy atom. The standard InChI is InChI=1S/C24H23BrN2O3/c1-2-3-15-30-22-14-13-20(25)16-21(22)24(29)27-26-23(28)19-11-9-18(10-12-19)17-7-5-4-6-8-17/h4-14,16H,2-3,15H2,1H3,(H,26,28)(H,27,29). The highest BCUT2D eigenvalue weighted by Gasteiger charge is 2.15. The van der Waals surface area contributed by atoms with E-state index in [0.717, 1.165) is 28.4 Å². The van der Waals surface area contributed by atoms with Gasteiger partial charge < -0.3 is 4.74 Å². The van der Waals surface area contributed by atoms with E-state index in [1.807, 2.05) is 48.5 Å². The van der Waals surface area contributed by atoms with E-state index in [1.54, 1.807) is 24.3 Å². The van der Waals surface area contributed by atoms with Crippen LogP contribution in [0.4, 0.5) is 0 Å². The Balaban J connectivity index is 1.63. The highest BCUT2D eigenvalue weighted by Crippen LogP contribution is 2.23. The normalized spacial score (nSPS) is 10.3. The fourth-order valence-corrected chi connectivity index (χ4v) is 3.19. The second-order valence-electron chi connectivity index (χ2n) is 6.69. The zero-order valence-corrected chi connectivity index (χ0v) is 18.2. The van der Waals surface area contributed by atoms with Crippen LogP contribution in [0.25, 0.3) is 11.1 Å². The maximum atomic E-state index is 12.6. The number of hydrogen-bond acceptors (Lipinski definition) is 3. The fraction of sp³-hybridized carbons (Fsp3) is 0.167. The highest BCUT2D eigenvalue weighted by molar-refractivity contribution is 9.10. The third-order valence-corrected chi connectivity index (χ3v) is 4.98. The lowest BCUT2D eigenvalue weighted by Gasteiger charge is -2.13. The van der Waals surface area contributed by atoms with Crippen LogP contribution in [-0.4, -0.2) is 18.4 Å². The quantitative estimate of drug-likeness (QED) is 0.363. The molecule has 6 heteroatoms. The smallest absolute Gasteiger partial charge is 0.273 e. The summed E-state index contributed by atoms with van der Waals surface area (Å²) in [5, 5.41) is 0. The van der Waals surface area contributed by atoms with E-state index >= 15 is 0 Å². The summed E-state index contributed by atoms with van der Waals surface area (Å²) in [6.07, 6.45) is 1.89. The molecule has 2 N–H and O–H groups in total. The van der Waals surface area contributed by atoms with Crippen LogP contribution in [0.1, 0.15) is 40.5 Å². The van der Waals surface area contributed by atoms with Gasteiger partial charge in [0, 0.05) is 10.0 Å². The Labute approximate surface area is 184 Å². The molecule has 3 aromatic rings. The van der Waals surface area contributed by atoms with Crippen LogP contribution in [0.15, 0.2) is 77.3 Å². The van der Waals surface area contributed by atoms with Crippen molar-refractivity contribution < 1.29 is 14.3 Å². The van der Waals surface area contributed by atoms with Gasteiger partial charge in [0.15, 0.2) is 0 Å². The molecule has 0 saturated carbocycles. The van der Waals surface area contributed by atoms with E-state index in [0.29, 0.717) is 23.5 Å². The maximum absolute atomic E-state index is 12.6. The molecule has 0 radical (unpaired) electrons. The predicted octanol–water partition coefficient (Wildman–Crippen LogP) is 5.37. The number of carbonyl (C=O) groups is 2. The van der Waals surface area contributed by atoms with Crippen molar-refractivity contribution in [3.05, 3.63) is 88.4 Å². The minimum Gasteiger partial charge on any atom is -0.493 e. The van der Waals surface area contributed by atoms with Crippen LogP contribution in [0.2, 0.25) is 0 Å². The number of unbranched alkanes of at least 4 members (excludes halogenated alkanes) is 1. The van der Waals surface area contributed by atoms with Gasteiger partial charge in [-0.05, 0) is 47.9 Å². The number of benzene rings is 3. The molecular formula is C24H23BrN2O3. The summed E-state index contributed by atoms with van der Waals surface area (Å²) in [6.45, 7) is 2.60. The van der Waals surface area contributed by atoms with Crippen molar-refractivity contribution in [3.8, 4) is 16.9 Å². The first kappa shape index (κ1) is 21.6. The topological polar surface area (TPSA) is 67.4 Å². The van der Waals surface area contributed by atoms with Crippen LogP contribution in [0.3, 0.4) is 0 Å². The van der Waals surface area contributed by atoms with Crippen LogP contribution in [0.5, 0.6) is 5.75 Å². The van der Waals surface area contributed by atoms with E-state index in [9.17, 15) is 9.59 Å². The van der Waals surface area contributed by atoms with Gasteiger partial charge in [-0.15, -0.1) is 0 Å². The first-order chi connectivity index (χ1) is 14.6. The third kappa shape index (κ3) is 5.70. The van der Waals surface area contributed by atoms with E-state index in [4.69, 9.17) is 4.74 Å². The lowest BCUT2D eigenvalue weighted by Crippen LogP contribution is -2.41. The molecule has 3 rings (SSSR count). The largest absolute Gasteiger partial charge is 0.493 e. The van der Waals surface area contributed by atoms with Gasteiger partial charge in [0.1, 0.15) is 5.75 Å². The number of rotatable bonds is 7. The van der Waals surface area contributed by atoms with Gasteiger partial charge in [-0.2, -0.15) is 0 Å². The molecule has 0 spiro atoms. The zero-order valence-electron chi connectivity index (χ0n) is 16.7. The Hall–Kier alpha value is -3.12. The minimum atomic E-state index is -0.447. The molecule has 2 amide bonds. The molecule has 3 aromatic carbocycles. The molecule has 0 aliphatic heterocycles. The Morgan fingerprint density at radius 3 is 2.23 bits per heavy atom. The summed E-state index contributed by atoms with van der Waals surface area (Å²) in [5.41, 5.74) is 7.80. The van der Waals surface area contributed by atoms with Crippen molar-refractivity contribution in [2.45, 2.75) is 19.8 Å². The molecule has 0 fully saturated rings. The number of hydrogen-bond donors (Lipinski definition) is 2. The van der Waals surface area contributed by atoms with Crippen molar-refractivity contribution in [1.29, 1.82) is 0 Å². The number of ether oxygens (including phenoxy) is 1. The number of hydrazine groups is 1. The summed E-state index contributed by atoms with van der Waals surface area (Å²) in [5.74, 6) is -0.367. The molecule has 0 aliphatic rings. The van der Waals surface area contributed by atoms with E-state index in [1.165, 1.54) is 0 Å². The summed E-state index contributed by atoms with van der Waals surface area (Å²) < 4.78 is 6.45. The average molecular weight is 467 g/mol. The molecule has 0 heterocycles. The summed E-state index contributed by atoms with van der Waals surface area (Å²) >= 11 is 3.37. The lowest BCUT2D eigenvalue weighted by molar-refractivity contribution is 0.0844. The number of nitrogens with one attached hydrogen (secondary N) is 2. The first-order valence-electron chi connectivity index (χ1n) is 9.77. The lowest BCUT2D eigenvalue weighted by atomic mass is 10.0. The Kier molecular flexibility index (Phi) is 7.63. The summed E-state index contributed by atoms with van der Waals surface area (Å²) in [4.78, 5) is 25.0.